The highest BCUT2D eigenvalue weighted by Gasteiger charge is 2.35. The molecule has 1 aliphatic rings. The summed E-state index contributed by atoms with van der Waals surface area (Å²) in [6, 6.07) is 18.5. The van der Waals surface area contributed by atoms with Gasteiger partial charge in [-0.05, 0) is 66.2 Å². The van der Waals surface area contributed by atoms with Gasteiger partial charge in [0.2, 0.25) is 0 Å². The van der Waals surface area contributed by atoms with Crippen LogP contribution in [0.4, 0.5) is 0 Å². The van der Waals surface area contributed by atoms with Crippen molar-refractivity contribution in [3.8, 4) is 5.75 Å². The lowest BCUT2D eigenvalue weighted by molar-refractivity contribution is -0.135. The van der Waals surface area contributed by atoms with E-state index in [0.717, 1.165) is 28.5 Å². The number of furan rings is 3. The lowest BCUT2D eigenvalue weighted by Gasteiger charge is -2.24. The van der Waals surface area contributed by atoms with Gasteiger partial charge in [-0.2, -0.15) is 5.10 Å². The number of nitrogens with zero attached hydrogens (tertiary/aromatic N) is 3. The van der Waals surface area contributed by atoms with Crippen LogP contribution in [0.3, 0.4) is 0 Å². The third kappa shape index (κ3) is 4.82. The van der Waals surface area contributed by atoms with Gasteiger partial charge in [0.25, 0.3) is 5.91 Å². The molecule has 0 aliphatic carbocycles. The van der Waals surface area contributed by atoms with Crippen molar-refractivity contribution < 1.29 is 22.8 Å². The van der Waals surface area contributed by atoms with Gasteiger partial charge >= 0.3 is 0 Å². The highest BCUT2D eigenvalue weighted by atomic mass is 16.5. The first-order chi connectivity index (χ1) is 16.7. The summed E-state index contributed by atoms with van der Waals surface area (Å²) >= 11 is 0. The summed E-state index contributed by atoms with van der Waals surface area (Å²) in [5, 5.41) is 6.26. The summed E-state index contributed by atoms with van der Waals surface area (Å²) in [6.45, 7) is 1.07. The molecule has 0 saturated heterocycles. The van der Waals surface area contributed by atoms with Gasteiger partial charge in [0.15, 0.2) is 0 Å². The van der Waals surface area contributed by atoms with Crippen molar-refractivity contribution in [1.82, 2.24) is 9.91 Å². The Kier molecular flexibility index (Phi) is 6.31. The Morgan fingerprint density at radius 3 is 2.18 bits per heavy atom. The zero-order valence-corrected chi connectivity index (χ0v) is 18.8. The fourth-order valence-corrected chi connectivity index (χ4v) is 4.08. The van der Waals surface area contributed by atoms with Crippen LogP contribution >= 0.6 is 0 Å². The van der Waals surface area contributed by atoms with E-state index in [1.165, 1.54) is 5.01 Å². The minimum atomic E-state index is -0.311. The smallest absolute Gasteiger partial charge is 0.257 e. The van der Waals surface area contributed by atoms with Crippen LogP contribution in [0.5, 0.6) is 5.75 Å². The molecule has 4 aromatic rings. The number of methoxy groups -OCH3 is 1. The molecule has 4 heterocycles. The molecule has 3 aromatic heterocycles. The van der Waals surface area contributed by atoms with Gasteiger partial charge in [0.05, 0.1) is 51.2 Å². The highest BCUT2D eigenvalue weighted by molar-refractivity contribution is 6.03. The lowest BCUT2D eigenvalue weighted by atomic mass is 10.0. The van der Waals surface area contributed by atoms with E-state index in [2.05, 4.69) is 0 Å². The maximum atomic E-state index is 13.5. The molecule has 0 spiro atoms. The fraction of sp³-hybridized carbons (Fsp3) is 0.231. The van der Waals surface area contributed by atoms with Crippen LogP contribution in [0.15, 0.2) is 97.8 Å². The van der Waals surface area contributed by atoms with Crippen molar-refractivity contribution in [3.63, 3.8) is 0 Å². The first kappa shape index (κ1) is 21.8. The van der Waals surface area contributed by atoms with Crippen LogP contribution in [-0.2, 0) is 17.9 Å². The minimum absolute atomic E-state index is 0.136. The summed E-state index contributed by atoms with van der Waals surface area (Å²) < 4.78 is 22.0. The van der Waals surface area contributed by atoms with Crippen LogP contribution in [0.2, 0.25) is 0 Å². The molecule has 1 amide bonds. The minimum Gasteiger partial charge on any atom is -0.497 e. The molecule has 0 saturated carbocycles. The van der Waals surface area contributed by atoms with Gasteiger partial charge in [0.1, 0.15) is 29.1 Å². The molecule has 0 radical (unpaired) electrons. The number of ether oxygens (including phenoxy) is 1. The van der Waals surface area contributed by atoms with Crippen molar-refractivity contribution in [3.05, 3.63) is 102 Å². The fourth-order valence-electron chi connectivity index (χ4n) is 4.08. The van der Waals surface area contributed by atoms with Gasteiger partial charge in [-0.1, -0.05) is 0 Å². The molecule has 34 heavy (non-hydrogen) atoms. The van der Waals surface area contributed by atoms with Crippen molar-refractivity contribution in [1.29, 1.82) is 0 Å². The Balaban J connectivity index is 1.39. The second-order valence-electron chi connectivity index (χ2n) is 8.05. The molecule has 1 atom stereocenters. The second kappa shape index (κ2) is 9.84. The van der Waals surface area contributed by atoms with Gasteiger partial charge in [-0.15, -0.1) is 0 Å². The number of carbonyl (C=O) groups excluding carboxylic acids is 1. The van der Waals surface area contributed by atoms with Crippen LogP contribution in [0, 0.1) is 0 Å². The Morgan fingerprint density at radius 1 is 0.971 bits per heavy atom. The number of amides is 1. The Labute approximate surface area is 197 Å². The number of hydrogen-bond donors (Lipinski definition) is 0. The predicted molar refractivity (Wildman–Crippen MR) is 124 cm³/mol. The molecule has 0 bridgehead atoms. The number of carbonyl (C=O) groups is 1. The van der Waals surface area contributed by atoms with E-state index in [4.69, 9.17) is 23.1 Å². The zero-order valence-electron chi connectivity index (χ0n) is 18.8. The molecule has 8 heteroatoms. The molecule has 0 N–H and O–H groups in total. The van der Waals surface area contributed by atoms with Gasteiger partial charge < -0.3 is 18.0 Å². The number of hydrogen-bond acceptors (Lipinski definition) is 7. The summed E-state index contributed by atoms with van der Waals surface area (Å²) in [4.78, 5) is 15.5. The topological polar surface area (TPSA) is 84.6 Å². The quantitative estimate of drug-likeness (QED) is 0.356. The van der Waals surface area contributed by atoms with E-state index in [9.17, 15) is 4.79 Å². The van der Waals surface area contributed by atoms with Gasteiger partial charge in [-0.25, -0.2) is 5.01 Å². The molecule has 1 aliphatic heterocycles. The van der Waals surface area contributed by atoms with Crippen molar-refractivity contribution in [2.75, 3.05) is 13.7 Å². The first-order valence-electron chi connectivity index (χ1n) is 11.0. The largest absolute Gasteiger partial charge is 0.497 e. The number of benzene rings is 1. The first-order valence-corrected chi connectivity index (χ1v) is 11.0. The summed E-state index contributed by atoms with van der Waals surface area (Å²) in [7, 11) is 1.63. The van der Waals surface area contributed by atoms with Crippen LogP contribution < -0.4 is 4.74 Å². The van der Waals surface area contributed by atoms with Crippen molar-refractivity contribution >= 4 is 11.6 Å². The van der Waals surface area contributed by atoms with Crippen LogP contribution in [0.1, 0.15) is 35.3 Å². The normalized spacial score (nSPS) is 15.6. The third-order valence-corrected chi connectivity index (χ3v) is 5.74. The van der Waals surface area contributed by atoms with Gasteiger partial charge in [-0.3, -0.25) is 9.69 Å². The van der Waals surface area contributed by atoms with E-state index in [0.29, 0.717) is 25.3 Å². The third-order valence-electron chi connectivity index (χ3n) is 5.74. The summed E-state index contributed by atoms with van der Waals surface area (Å²) in [5.74, 6) is 2.87. The second-order valence-corrected chi connectivity index (χ2v) is 8.05. The maximum absolute atomic E-state index is 13.5. The Hall–Kier alpha value is -4.04. The average molecular weight is 460 g/mol. The van der Waals surface area contributed by atoms with E-state index >= 15 is 0 Å². The molecule has 0 unspecified atom stereocenters. The Bertz CT molecular complexity index is 1180. The average Bonchev–Trinajstić information content (AvgIpc) is 3.66. The lowest BCUT2D eigenvalue weighted by Crippen LogP contribution is -2.37. The van der Waals surface area contributed by atoms with Crippen LogP contribution in [-0.4, -0.2) is 35.2 Å². The molecule has 174 valence electrons. The number of rotatable bonds is 9. The number of hydrazone groups is 1. The molecular weight excluding hydrogens is 434 g/mol. The van der Waals surface area contributed by atoms with Crippen LogP contribution in [0.25, 0.3) is 0 Å². The van der Waals surface area contributed by atoms with E-state index in [1.54, 1.807) is 25.9 Å². The SMILES string of the molecule is COc1ccc(C2=NN(C(=O)CN(Cc3ccco3)Cc3ccco3)[C@H](c3ccco3)C2)cc1. The Morgan fingerprint density at radius 2 is 1.62 bits per heavy atom. The molecule has 5 rings (SSSR count). The maximum Gasteiger partial charge on any atom is 0.257 e. The molecule has 8 nitrogen and oxygen atoms in total. The molecule has 0 fully saturated rings. The van der Waals surface area contributed by atoms with Gasteiger partial charge in [0, 0.05) is 6.42 Å². The highest BCUT2D eigenvalue weighted by Crippen LogP contribution is 2.33. The standard InChI is InChI=1S/C26H25N3O5/c1-31-20-10-8-19(9-11-20)23-15-24(25-7-4-14-34-25)29(27-23)26(30)18-28(16-21-5-2-12-32-21)17-22-6-3-13-33-22/h2-14,24H,15-18H2,1H3/t24-/m0/s1. The molecule has 1 aromatic carbocycles. The summed E-state index contributed by atoms with van der Waals surface area (Å²) in [5.41, 5.74) is 1.76. The van der Waals surface area contributed by atoms with E-state index in [1.807, 2.05) is 65.6 Å². The van der Waals surface area contributed by atoms with E-state index in [-0.39, 0.29) is 18.5 Å². The van der Waals surface area contributed by atoms with Crippen molar-refractivity contribution in [2.45, 2.75) is 25.6 Å². The molecular formula is C26H25N3O5. The predicted octanol–water partition coefficient (Wildman–Crippen LogP) is 4.85. The monoisotopic (exact) mass is 459 g/mol. The zero-order chi connectivity index (χ0) is 23.3. The van der Waals surface area contributed by atoms with Crippen molar-refractivity contribution in [2.24, 2.45) is 5.10 Å². The van der Waals surface area contributed by atoms with E-state index < -0.39 is 0 Å². The summed E-state index contributed by atoms with van der Waals surface area (Å²) in [6.07, 6.45) is 5.42.